The number of hydrogen-bond acceptors (Lipinski definition) is 2. The summed E-state index contributed by atoms with van der Waals surface area (Å²) in [6.07, 6.45) is 2.74. The van der Waals surface area contributed by atoms with Crippen molar-refractivity contribution in [2.75, 3.05) is 39.8 Å². The molecule has 130 valence electrons. The van der Waals surface area contributed by atoms with E-state index in [1.165, 1.54) is 25.9 Å². The van der Waals surface area contributed by atoms with Gasteiger partial charge in [-0.3, -0.25) is 4.99 Å². The van der Waals surface area contributed by atoms with Crippen molar-refractivity contribution < 1.29 is 0 Å². The van der Waals surface area contributed by atoms with E-state index >= 15 is 0 Å². The first-order chi connectivity index (χ1) is 9.78. The van der Waals surface area contributed by atoms with Crippen LogP contribution in [-0.4, -0.2) is 61.1 Å². The van der Waals surface area contributed by atoms with Gasteiger partial charge in [0.2, 0.25) is 0 Å². The van der Waals surface area contributed by atoms with E-state index in [4.69, 9.17) is 0 Å². The van der Waals surface area contributed by atoms with Crippen molar-refractivity contribution in [1.82, 2.24) is 15.1 Å². The second kappa shape index (κ2) is 7.69. The summed E-state index contributed by atoms with van der Waals surface area (Å²) < 4.78 is 0. The molecule has 4 nitrogen and oxygen atoms in total. The predicted molar refractivity (Wildman–Crippen MR) is 106 cm³/mol. The number of rotatable bonds is 3. The quantitative estimate of drug-likeness (QED) is 0.431. The van der Waals surface area contributed by atoms with Crippen LogP contribution in [0.3, 0.4) is 0 Å². The van der Waals surface area contributed by atoms with Gasteiger partial charge < -0.3 is 15.1 Å². The SMILES string of the molecule is CN=C(NCCN1CCCC(C)C1)N1CC(C)(C)C1(C)C.I. The lowest BCUT2D eigenvalue weighted by Crippen LogP contribution is -2.72. The molecule has 0 aromatic carbocycles. The summed E-state index contributed by atoms with van der Waals surface area (Å²) in [6, 6.07) is 0. The normalized spacial score (nSPS) is 27.8. The Morgan fingerprint density at radius 1 is 1.27 bits per heavy atom. The van der Waals surface area contributed by atoms with Crippen LogP contribution in [0.25, 0.3) is 0 Å². The van der Waals surface area contributed by atoms with Gasteiger partial charge in [0.05, 0.1) is 0 Å². The molecule has 0 spiro atoms. The van der Waals surface area contributed by atoms with Gasteiger partial charge in [0.25, 0.3) is 0 Å². The van der Waals surface area contributed by atoms with Crippen LogP contribution in [0.5, 0.6) is 0 Å². The van der Waals surface area contributed by atoms with Gasteiger partial charge in [0, 0.05) is 44.2 Å². The Labute approximate surface area is 154 Å². The predicted octanol–water partition coefficient (Wildman–Crippen LogP) is 3.03. The molecule has 0 radical (unpaired) electrons. The van der Waals surface area contributed by atoms with E-state index in [2.05, 4.69) is 54.7 Å². The monoisotopic (exact) mass is 422 g/mol. The minimum atomic E-state index is 0. The summed E-state index contributed by atoms with van der Waals surface area (Å²) in [5, 5.41) is 3.56. The average Bonchev–Trinajstić information content (AvgIpc) is 2.42. The van der Waals surface area contributed by atoms with E-state index in [-0.39, 0.29) is 29.5 Å². The van der Waals surface area contributed by atoms with Gasteiger partial charge in [0.15, 0.2) is 5.96 Å². The zero-order chi connectivity index (χ0) is 15.7. The number of piperidine rings is 1. The second-order valence-electron chi connectivity index (χ2n) is 8.05. The third-order valence-corrected chi connectivity index (χ3v) is 5.80. The van der Waals surface area contributed by atoms with Crippen LogP contribution in [0.2, 0.25) is 0 Å². The molecule has 0 aromatic rings. The summed E-state index contributed by atoms with van der Waals surface area (Å²) in [7, 11) is 1.90. The Bertz CT molecular complexity index is 392. The summed E-state index contributed by atoms with van der Waals surface area (Å²) in [5.74, 6) is 1.91. The first-order valence-electron chi connectivity index (χ1n) is 8.48. The van der Waals surface area contributed by atoms with Crippen LogP contribution in [-0.2, 0) is 0 Å². The summed E-state index contributed by atoms with van der Waals surface area (Å²) in [6.45, 7) is 17.4. The van der Waals surface area contributed by atoms with Crippen LogP contribution in [0.15, 0.2) is 4.99 Å². The van der Waals surface area contributed by atoms with Crippen molar-refractivity contribution in [3.63, 3.8) is 0 Å². The van der Waals surface area contributed by atoms with Gasteiger partial charge in [-0.05, 0) is 39.2 Å². The Kier molecular flexibility index (Phi) is 6.99. The standard InChI is InChI=1S/C17H34N4.HI/c1-14-8-7-10-20(12-14)11-9-19-15(18-6)21-13-16(2,3)17(21,4)5;/h14H,7-13H2,1-6H3,(H,18,19);1H. The smallest absolute Gasteiger partial charge is 0.194 e. The van der Waals surface area contributed by atoms with Crippen molar-refractivity contribution in [2.24, 2.45) is 16.3 Å². The molecule has 22 heavy (non-hydrogen) atoms. The molecular weight excluding hydrogens is 387 g/mol. The fraction of sp³-hybridized carbons (Fsp3) is 0.941. The third kappa shape index (κ3) is 4.08. The molecule has 2 aliphatic heterocycles. The fourth-order valence-electron chi connectivity index (χ4n) is 3.51. The van der Waals surface area contributed by atoms with Gasteiger partial charge >= 0.3 is 0 Å². The Balaban J connectivity index is 0.00000242. The first-order valence-corrected chi connectivity index (χ1v) is 8.48. The number of hydrogen-bond donors (Lipinski definition) is 1. The van der Waals surface area contributed by atoms with Gasteiger partial charge in [-0.15, -0.1) is 24.0 Å². The molecular formula is C17H35IN4. The number of halogens is 1. The van der Waals surface area contributed by atoms with Gasteiger partial charge in [-0.25, -0.2) is 0 Å². The molecule has 0 aromatic heterocycles. The molecule has 2 fully saturated rings. The number of guanidine groups is 1. The van der Waals surface area contributed by atoms with E-state index in [0.717, 1.165) is 31.5 Å². The molecule has 1 N–H and O–H groups in total. The zero-order valence-electron chi connectivity index (χ0n) is 15.3. The average molecular weight is 422 g/mol. The van der Waals surface area contributed by atoms with E-state index in [1.54, 1.807) is 0 Å². The highest BCUT2D eigenvalue weighted by atomic mass is 127. The molecule has 2 saturated heterocycles. The van der Waals surface area contributed by atoms with Crippen molar-refractivity contribution in [3.05, 3.63) is 0 Å². The lowest BCUT2D eigenvalue weighted by atomic mass is 9.65. The maximum Gasteiger partial charge on any atom is 0.194 e. The topological polar surface area (TPSA) is 30.9 Å². The van der Waals surface area contributed by atoms with Crippen LogP contribution in [0, 0.1) is 11.3 Å². The fourth-order valence-corrected chi connectivity index (χ4v) is 3.51. The molecule has 2 rings (SSSR count). The minimum Gasteiger partial charge on any atom is -0.355 e. The maximum atomic E-state index is 4.48. The second-order valence-corrected chi connectivity index (χ2v) is 8.05. The largest absolute Gasteiger partial charge is 0.355 e. The lowest BCUT2D eigenvalue weighted by molar-refractivity contribution is -0.0667. The van der Waals surface area contributed by atoms with Crippen LogP contribution < -0.4 is 5.32 Å². The van der Waals surface area contributed by atoms with Crippen molar-refractivity contribution in [2.45, 2.75) is 53.0 Å². The number of nitrogens with one attached hydrogen (secondary N) is 1. The summed E-state index contributed by atoms with van der Waals surface area (Å²) in [5.41, 5.74) is 0.529. The van der Waals surface area contributed by atoms with Crippen LogP contribution in [0.1, 0.15) is 47.5 Å². The first kappa shape index (κ1) is 20.0. The Morgan fingerprint density at radius 2 is 1.95 bits per heavy atom. The molecule has 5 heteroatoms. The summed E-state index contributed by atoms with van der Waals surface area (Å²) >= 11 is 0. The Morgan fingerprint density at radius 3 is 2.45 bits per heavy atom. The van der Waals surface area contributed by atoms with Gasteiger partial charge in [-0.1, -0.05) is 20.8 Å². The minimum absolute atomic E-state index is 0. The highest BCUT2D eigenvalue weighted by Crippen LogP contribution is 2.46. The number of aliphatic imine (C=N–C) groups is 1. The van der Waals surface area contributed by atoms with E-state index in [0.29, 0.717) is 5.41 Å². The molecule has 1 atom stereocenters. The molecule has 1 unspecified atom stereocenters. The molecule has 2 aliphatic rings. The van der Waals surface area contributed by atoms with Crippen molar-refractivity contribution in [1.29, 1.82) is 0 Å². The number of likely N-dealkylation sites (tertiary alicyclic amines) is 2. The molecule has 0 amide bonds. The van der Waals surface area contributed by atoms with E-state index in [9.17, 15) is 0 Å². The molecule has 2 heterocycles. The van der Waals surface area contributed by atoms with Gasteiger partial charge in [-0.2, -0.15) is 0 Å². The van der Waals surface area contributed by atoms with Crippen LogP contribution in [0.4, 0.5) is 0 Å². The Hall–Kier alpha value is -0.0400. The molecule has 0 saturated carbocycles. The van der Waals surface area contributed by atoms with Crippen LogP contribution >= 0.6 is 24.0 Å². The van der Waals surface area contributed by atoms with Crippen molar-refractivity contribution >= 4 is 29.9 Å². The van der Waals surface area contributed by atoms with E-state index < -0.39 is 0 Å². The molecule has 0 bridgehead atoms. The number of nitrogens with zero attached hydrogens (tertiary/aromatic N) is 3. The molecule has 0 aliphatic carbocycles. The highest BCUT2D eigenvalue weighted by molar-refractivity contribution is 14.0. The lowest BCUT2D eigenvalue weighted by Gasteiger charge is -2.62. The highest BCUT2D eigenvalue weighted by Gasteiger charge is 2.53. The maximum absolute atomic E-state index is 4.48. The van der Waals surface area contributed by atoms with E-state index in [1.807, 2.05) is 7.05 Å². The zero-order valence-corrected chi connectivity index (χ0v) is 17.6. The van der Waals surface area contributed by atoms with Gasteiger partial charge in [0.1, 0.15) is 0 Å². The third-order valence-electron chi connectivity index (χ3n) is 5.80. The van der Waals surface area contributed by atoms with Crippen molar-refractivity contribution in [3.8, 4) is 0 Å². The summed E-state index contributed by atoms with van der Waals surface area (Å²) in [4.78, 5) is 9.47.